The van der Waals surface area contributed by atoms with Crippen LogP contribution in [-0.2, 0) is 0 Å². The van der Waals surface area contributed by atoms with Crippen LogP contribution < -0.4 is 0 Å². The molecule has 3 atom stereocenters. The highest BCUT2D eigenvalue weighted by atomic mass is 16.3. The fourth-order valence-electron chi connectivity index (χ4n) is 5.33. The summed E-state index contributed by atoms with van der Waals surface area (Å²) in [7, 11) is 0. The number of carbonyl (C=O) groups excluding carboxylic acids is 1. The predicted octanol–water partition coefficient (Wildman–Crippen LogP) is 4.77. The molecule has 0 unspecified atom stereocenters. The molecule has 2 aromatic carbocycles. The van der Waals surface area contributed by atoms with Gasteiger partial charge in [-0.3, -0.25) is 14.6 Å². The van der Waals surface area contributed by atoms with E-state index in [0.29, 0.717) is 25.2 Å². The number of amides is 1. The van der Waals surface area contributed by atoms with E-state index in [1.807, 2.05) is 49.1 Å². The lowest BCUT2D eigenvalue weighted by Crippen LogP contribution is -2.57. The monoisotopic (exact) mass is 449 g/mol. The first kappa shape index (κ1) is 23.8. The van der Waals surface area contributed by atoms with Gasteiger partial charge in [-0.25, -0.2) is 0 Å². The second-order valence-electron chi connectivity index (χ2n) is 9.85. The van der Waals surface area contributed by atoms with Crippen molar-refractivity contribution in [1.29, 1.82) is 0 Å². The van der Waals surface area contributed by atoms with Crippen LogP contribution in [-0.4, -0.2) is 70.5 Å². The molecule has 1 N–H and O–H groups in total. The van der Waals surface area contributed by atoms with Gasteiger partial charge >= 0.3 is 0 Å². The normalized spacial score (nSPS) is 22.8. The topological polar surface area (TPSA) is 47.0 Å². The number of phenols is 1. The molecule has 4 rings (SSSR count). The van der Waals surface area contributed by atoms with Crippen molar-refractivity contribution in [3.8, 4) is 5.75 Å². The molecule has 5 nitrogen and oxygen atoms in total. The molecule has 1 saturated carbocycles. The highest BCUT2D eigenvalue weighted by Crippen LogP contribution is 2.38. The summed E-state index contributed by atoms with van der Waals surface area (Å²) in [6.45, 7) is 13.2. The molecule has 5 heteroatoms. The zero-order valence-corrected chi connectivity index (χ0v) is 20.6. The third-order valence-electron chi connectivity index (χ3n) is 7.41. The minimum Gasteiger partial charge on any atom is -0.508 e. The smallest absolute Gasteiger partial charge is 0.254 e. The molecule has 0 radical (unpaired) electrons. The van der Waals surface area contributed by atoms with E-state index >= 15 is 0 Å². The molecule has 1 aliphatic carbocycles. The van der Waals surface area contributed by atoms with Crippen LogP contribution in [0.1, 0.15) is 68.1 Å². The molecular formula is C28H39N3O2. The number of piperazine rings is 1. The van der Waals surface area contributed by atoms with Gasteiger partial charge in [-0.15, -0.1) is 0 Å². The van der Waals surface area contributed by atoms with Crippen molar-refractivity contribution in [2.45, 2.75) is 58.7 Å². The van der Waals surface area contributed by atoms with E-state index < -0.39 is 0 Å². The van der Waals surface area contributed by atoms with E-state index in [1.165, 1.54) is 19.4 Å². The fraction of sp³-hybridized carbons (Fsp3) is 0.536. The van der Waals surface area contributed by atoms with E-state index in [1.54, 1.807) is 6.07 Å². The Kier molecular flexibility index (Phi) is 7.40. The maximum Gasteiger partial charge on any atom is 0.254 e. The van der Waals surface area contributed by atoms with Gasteiger partial charge in [-0.05, 0) is 75.8 Å². The molecule has 2 fully saturated rings. The molecule has 0 spiro atoms. The first-order valence-electron chi connectivity index (χ1n) is 12.6. The van der Waals surface area contributed by atoms with E-state index in [2.05, 4.69) is 35.8 Å². The Labute approximate surface area is 199 Å². The molecule has 178 valence electrons. The van der Waals surface area contributed by atoms with Crippen LogP contribution in [0.15, 0.2) is 48.5 Å². The van der Waals surface area contributed by atoms with Crippen molar-refractivity contribution in [2.24, 2.45) is 5.92 Å². The lowest BCUT2D eigenvalue weighted by molar-refractivity contribution is 0.0213. The van der Waals surface area contributed by atoms with Crippen LogP contribution in [0.3, 0.4) is 0 Å². The summed E-state index contributed by atoms with van der Waals surface area (Å²) in [4.78, 5) is 20.6. The van der Waals surface area contributed by atoms with Crippen LogP contribution in [0.5, 0.6) is 5.75 Å². The SMILES string of the molecule is CCN(CC)C(=O)c1ccccc1[C@@H](c1cccc(O)c1)N1C[C@@H](C)N(CC2CC2)C[C@@H]1C. The first-order chi connectivity index (χ1) is 15.9. The van der Waals surface area contributed by atoms with Crippen molar-refractivity contribution >= 4 is 5.91 Å². The summed E-state index contributed by atoms with van der Waals surface area (Å²) in [5.74, 6) is 1.22. The Bertz CT molecular complexity index is 954. The lowest BCUT2D eigenvalue weighted by atomic mass is 9.90. The second-order valence-corrected chi connectivity index (χ2v) is 9.85. The van der Waals surface area contributed by atoms with Gasteiger partial charge in [0.05, 0.1) is 6.04 Å². The summed E-state index contributed by atoms with van der Waals surface area (Å²) in [5.41, 5.74) is 2.81. The summed E-state index contributed by atoms with van der Waals surface area (Å²) in [6, 6.07) is 16.3. The summed E-state index contributed by atoms with van der Waals surface area (Å²) in [5, 5.41) is 10.3. The molecule has 2 aliphatic rings. The summed E-state index contributed by atoms with van der Waals surface area (Å²) in [6.07, 6.45) is 2.74. The van der Waals surface area contributed by atoms with Gasteiger partial charge in [0.15, 0.2) is 0 Å². The quantitative estimate of drug-likeness (QED) is 0.631. The maximum absolute atomic E-state index is 13.5. The molecular weight excluding hydrogens is 410 g/mol. The average molecular weight is 450 g/mol. The molecule has 1 heterocycles. The molecule has 1 saturated heterocycles. The Morgan fingerprint density at radius 2 is 1.76 bits per heavy atom. The Hall–Kier alpha value is -2.37. The Morgan fingerprint density at radius 3 is 2.42 bits per heavy atom. The molecule has 1 amide bonds. The third kappa shape index (κ3) is 5.25. The summed E-state index contributed by atoms with van der Waals surface area (Å²) >= 11 is 0. The second kappa shape index (κ2) is 10.3. The van der Waals surface area contributed by atoms with Gasteiger partial charge in [-0.2, -0.15) is 0 Å². The minimum absolute atomic E-state index is 0.0776. The van der Waals surface area contributed by atoms with Crippen molar-refractivity contribution in [1.82, 2.24) is 14.7 Å². The lowest BCUT2D eigenvalue weighted by Gasteiger charge is -2.48. The molecule has 0 bridgehead atoms. The Balaban J connectivity index is 1.74. The number of rotatable bonds is 8. The van der Waals surface area contributed by atoms with Crippen molar-refractivity contribution < 1.29 is 9.90 Å². The zero-order chi connectivity index (χ0) is 23.5. The van der Waals surface area contributed by atoms with E-state index in [4.69, 9.17) is 0 Å². The molecule has 0 aromatic heterocycles. The number of carbonyl (C=O) groups is 1. The highest BCUT2D eigenvalue weighted by molar-refractivity contribution is 5.96. The minimum atomic E-state index is -0.0895. The molecule has 33 heavy (non-hydrogen) atoms. The van der Waals surface area contributed by atoms with Gasteiger partial charge in [0.2, 0.25) is 0 Å². The zero-order valence-electron chi connectivity index (χ0n) is 20.6. The standard InChI is InChI=1S/C28H39N3O2/c1-5-29(6-2)28(33)26-13-8-7-12-25(26)27(23-10-9-11-24(32)16-23)31-18-20(3)30(17-21(31)4)19-22-14-15-22/h7-13,16,20-22,27,32H,5-6,14-15,17-19H2,1-4H3/t20-,21+,27-/m1/s1. The number of hydrogen-bond donors (Lipinski definition) is 1. The third-order valence-corrected chi connectivity index (χ3v) is 7.41. The number of phenolic OH excluding ortho intramolecular Hbond substituents is 1. The van der Waals surface area contributed by atoms with Crippen LogP contribution in [0.4, 0.5) is 0 Å². The van der Waals surface area contributed by atoms with E-state index in [9.17, 15) is 9.90 Å². The largest absolute Gasteiger partial charge is 0.508 e. The molecule has 2 aromatic rings. The average Bonchev–Trinajstić information content (AvgIpc) is 3.62. The number of hydrogen-bond acceptors (Lipinski definition) is 4. The van der Waals surface area contributed by atoms with Crippen LogP contribution in [0.2, 0.25) is 0 Å². The van der Waals surface area contributed by atoms with E-state index in [-0.39, 0.29) is 17.7 Å². The maximum atomic E-state index is 13.5. The van der Waals surface area contributed by atoms with Gasteiger partial charge in [-0.1, -0.05) is 30.3 Å². The van der Waals surface area contributed by atoms with Crippen molar-refractivity contribution in [3.63, 3.8) is 0 Å². The number of nitrogens with zero attached hydrogens (tertiary/aromatic N) is 3. The van der Waals surface area contributed by atoms with Gasteiger partial charge in [0.1, 0.15) is 5.75 Å². The molecule has 1 aliphatic heterocycles. The highest BCUT2D eigenvalue weighted by Gasteiger charge is 2.38. The van der Waals surface area contributed by atoms with Crippen molar-refractivity contribution in [2.75, 3.05) is 32.7 Å². The van der Waals surface area contributed by atoms with Gasteiger partial charge < -0.3 is 10.0 Å². The fourth-order valence-corrected chi connectivity index (χ4v) is 5.33. The van der Waals surface area contributed by atoms with Crippen LogP contribution in [0, 0.1) is 5.92 Å². The summed E-state index contributed by atoms with van der Waals surface area (Å²) < 4.78 is 0. The Morgan fingerprint density at radius 1 is 1.03 bits per heavy atom. The van der Waals surface area contributed by atoms with Crippen LogP contribution in [0.25, 0.3) is 0 Å². The van der Waals surface area contributed by atoms with E-state index in [0.717, 1.165) is 35.7 Å². The number of aromatic hydroxyl groups is 1. The van der Waals surface area contributed by atoms with Gasteiger partial charge in [0.25, 0.3) is 5.91 Å². The van der Waals surface area contributed by atoms with Crippen LogP contribution >= 0.6 is 0 Å². The predicted molar refractivity (Wildman–Crippen MR) is 134 cm³/mol. The first-order valence-corrected chi connectivity index (χ1v) is 12.6. The van der Waals surface area contributed by atoms with Gasteiger partial charge in [0, 0.05) is 50.4 Å². The number of benzene rings is 2. The van der Waals surface area contributed by atoms with Crippen molar-refractivity contribution in [3.05, 3.63) is 65.2 Å².